The summed E-state index contributed by atoms with van der Waals surface area (Å²) >= 11 is 0. The maximum absolute atomic E-state index is 11.0. The van der Waals surface area contributed by atoms with Gasteiger partial charge in [-0.3, -0.25) is 9.78 Å². The molecule has 1 saturated carbocycles. The second kappa shape index (κ2) is 4.22. The van der Waals surface area contributed by atoms with Gasteiger partial charge in [0, 0.05) is 25.5 Å². The van der Waals surface area contributed by atoms with Crippen molar-refractivity contribution < 1.29 is 9.90 Å². The van der Waals surface area contributed by atoms with E-state index in [9.17, 15) is 4.79 Å². The summed E-state index contributed by atoms with van der Waals surface area (Å²) < 4.78 is 0. The molecule has 16 heavy (non-hydrogen) atoms. The highest BCUT2D eigenvalue weighted by Gasteiger charge is 2.50. The quantitative estimate of drug-likeness (QED) is 0.814. The van der Waals surface area contributed by atoms with Crippen LogP contribution in [0.1, 0.15) is 18.4 Å². The van der Waals surface area contributed by atoms with Crippen LogP contribution in [0.5, 0.6) is 0 Å². The molecule has 0 radical (unpaired) electrons. The van der Waals surface area contributed by atoms with Gasteiger partial charge in [-0.25, -0.2) is 0 Å². The van der Waals surface area contributed by atoms with Crippen molar-refractivity contribution in [1.29, 1.82) is 0 Å². The number of carboxylic acid groups (broad SMARTS) is 1. The van der Waals surface area contributed by atoms with Gasteiger partial charge in [0.15, 0.2) is 0 Å². The summed E-state index contributed by atoms with van der Waals surface area (Å²) in [6, 6.07) is 3.91. The number of hydrogen-bond donors (Lipinski definition) is 1. The first-order valence-electron chi connectivity index (χ1n) is 5.43. The standard InChI is InChI=1S/C12H16N2O2/c1-14(8-10-2-6-13-7-3-10)9-12(4-5-12)11(15)16/h2-3,6-7H,4-5,8-9H2,1H3,(H,15,16). The second-order valence-corrected chi connectivity index (χ2v) is 4.61. The van der Waals surface area contributed by atoms with Gasteiger partial charge in [0.25, 0.3) is 0 Å². The minimum Gasteiger partial charge on any atom is -0.481 e. The highest BCUT2D eigenvalue weighted by molar-refractivity contribution is 5.78. The zero-order valence-electron chi connectivity index (χ0n) is 9.39. The molecule has 2 rings (SSSR count). The largest absolute Gasteiger partial charge is 0.481 e. The van der Waals surface area contributed by atoms with Gasteiger partial charge in [-0.15, -0.1) is 0 Å². The maximum Gasteiger partial charge on any atom is 0.310 e. The molecule has 86 valence electrons. The summed E-state index contributed by atoms with van der Waals surface area (Å²) in [6.07, 6.45) is 5.13. The van der Waals surface area contributed by atoms with Crippen LogP contribution in [0.25, 0.3) is 0 Å². The number of carbonyl (C=O) groups is 1. The molecule has 1 fully saturated rings. The number of aromatic nitrogens is 1. The highest BCUT2D eigenvalue weighted by Crippen LogP contribution is 2.46. The maximum atomic E-state index is 11.0. The van der Waals surface area contributed by atoms with Crippen LogP contribution in [-0.2, 0) is 11.3 Å². The van der Waals surface area contributed by atoms with Gasteiger partial charge in [-0.1, -0.05) is 0 Å². The summed E-state index contributed by atoms with van der Waals surface area (Å²) in [5, 5.41) is 9.08. The molecule has 4 nitrogen and oxygen atoms in total. The lowest BCUT2D eigenvalue weighted by atomic mass is 10.1. The van der Waals surface area contributed by atoms with Gasteiger partial charge in [-0.2, -0.15) is 0 Å². The van der Waals surface area contributed by atoms with Crippen LogP contribution < -0.4 is 0 Å². The predicted octanol–water partition coefficient (Wildman–Crippen LogP) is 1.38. The highest BCUT2D eigenvalue weighted by atomic mass is 16.4. The van der Waals surface area contributed by atoms with E-state index in [1.165, 1.54) is 5.56 Å². The molecule has 0 unspecified atom stereocenters. The van der Waals surface area contributed by atoms with Crippen LogP contribution in [0.3, 0.4) is 0 Å². The molecule has 0 amide bonds. The smallest absolute Gasteiger partial charge is 0.310 e. The van der Waals surface area contributed by atoms with Crippen molar-refractivity contribution in [1.82, 2.24) is 9.88 Å². The number of aliphatic carboxylic acids is 1. The summed E-state index contributed by atoms with van der Waals surface area (Å²) in [6.45, 7) is 1.40. The number of nitrogens with zero attached hydrogens (tertiary/aromatic N) is 2. The summed E-state index contributed by atoms with van der Waals surface area (Å²) in [5.74, 6) is -0.658. The van der Waals surface area contributed by atoms with Crippen molar-refractivity contribution in [2.45, 2.75) is 19.4 Å². The van der Waals surface area contributed by atoms with Crippen LogP contribution in [0, 0.1) is 5.41 Å². The second-order valence-electron chi connectivity index (χ2n) is 4.61. The molecular formula is C12H16N2O2. The molecule has 1 aromatic rings. The fourth-order valence-electron chi connectivity index (χ4n) is 1.96. The van der Waals surface area contributed by atoms with Crippen molar-refractivity contribution in [2.75, 3.05) is 13.6 Å². The zero-order chi connectivity index (χ0) is 11.6. The number of hydrogen-bond acceptors (Lipinski definition) is 3. The van der Waals surface area contributed by atoms with Gasteiger partial charge in [0.1, 0.15) is 0 Å². The minimum absolute atomic E-state index is 0.470. The molecular weight excluding hydrogens is 204 g/mol. The van der Waals surface area contributed by atoms with Crippen LogP contribution in [0.4, 0.5) is 0 Å². The molecule has 0 aromatic carbocycles. The Morgan fingerprint density at radius 1 is 1.50 bits per heavy atom. The van der Waals surface area contributed by atoms with Crippen LogP contribution in [0.2, 0.25) is 0 Å². The Morgan fingerprint density at radius 2 is 2.12 bits per heavy atom. The van der Waals surface area contributed by atoms with E-state index in [4.69, 9.17) is 5.11 Å². The average molecular weight is 220 g/mol. The Labute approximate surface area is 94.9 Å². The van der Waals surface area contributed by atoms with Crippen LogP contribution >= 0.6 is 0 Å². The Hall–Kier alpha value is -1.42. The van der Waals surface area contributed by atoms with Crippen molar-refractivity contribution in [3.05, 3.63) is 30.1 Å². The van der Waals surface area contributed by atoms with Crippen molar-refractivity contribution in [3.8, 4) is 0 Å². The molecule has 1 heterocycles. The third kappa shape index (κ3) is 2.39. The number of carboxylic acids is 1. The predicted molar refractivity (Wildman–Crippen MR) is 59.9 cm³/mol. The lowest BCUT2D eigenvalue weighted by Crippen LogP contribution is -2.31. The van der Waals surface area contributed by atoms with E-state index >= 15 is 0 Å². The molecule has 1 aliphatic carbocycles. The van der Waals surface area contributed by atoms with Crippen molar-refractivity contribution >= 4 is 5.97 Å². The Balaban J connectivity index is 1.90. The van der Waals surface area contributed by atoms with Gasteiger partial charge in [-0.05, 0) is 37.6 Å². The van der Waals surface area contributed by atoms with Gasteiger partial charge in [0.2, 0.25) is 0 Å². The molecule has 4 heteroatoms. The van der Waals surface area contributed by atoms with Crippen molar-refractivity contribution in [2.24, 2.45) is 5.41 Å². The topological polar surface area (TPSA) is 53.4 Å². The molecule has 1 aliphatic rings. The third-order valence-electron chi connectivity index (χ3n) is 3.08. The van der Waals surface area contributed by atoms with Crippen LogP contribution in [-0.4, -0.2) is 34.6 Å². The number of rotatable bonds is 5. The minimum atomic E-state index is -0.658. The van der Waals surface area contributed by atoms with E-state index in [1.807, 2.05) is 19.2 Å². The Bertz CT molecular complexity index is 374. The lowest BCUT2D eigenvalue weighted by Gasteiger charge is -2.20. The summed E-state index contributed by atoms with van der Waals surface area (Å²) in [7, 11) is 1.96. The van der Waals surface area contributed by atoms with E-state index in [0.29, 0.717) is 6.54 Å². The Morgan fingerprint density at radius 3 is 2.62 bits per heavy atom. The SMILES string of the molecule is CN(Cc1ccncc1)CC1(C(=O)O)CC1. The monoisotopic (exact) mass is 220 g/mol. The first-order chi connectivity index (χ1) is 7.62. The molecule has 0 aliphatic heterocycles. The average Bonchev–Trinajstić information content (AvgIpc) is 3.00. The van der Waals surface area contributed by atoms with Gasteiger partial charge >= 0.3 is 5.97 Å². The van der Waals surface area contributed by atoms with Crippen LogP contribution in [0.15, 0.2) is 24.5 Å². The number of pyridine rings is 1. The molecule has 0 spiro atoms. The van der Waals surface area contributed by atoms with E-state index in [-0.39, 0.29) is 0 Å². The molecule has 0 atom stereocenters. The zero-order valence-corrected chi connectivity index (χ0v) is 9.39. The third-order valence-corrected chi connectivity index (χ3v) is 3.08. The molecule has 0 saturated heterocycles. The van der Waals surface area contributed by atoms with E-state index in [1.54, 1.807) is 12.4 Å². The molecule has 0 bridgehead atoms. The fourth-order valence-corrected chi connectivity index (χ4v) is 1.96. The molecule has 1 N–H and O–H groups in total. The summed E-state index contributed by atoms with van der Waals surface area (Å²) in [4.78, 5) is 17.1. The van der Waals surface area contributed by atoms with E-state index in [0.717, 1.165) is 19.4 Å². The summed E-state index contributed by atoms with van der Waals surface area (Å²) in [5.41, 5.74) is 0.695. The van der Waals surface area contributed by atoms with Crippen molar-refractivity contribution in [3.63, 3.8) is 0 Å². The first-order valence-corrected chi connectivity index (χ1v) is 5.43. The normalized spacial score (nSPS) is 17.4. The lowest BCUT2D eigenvalue weighted by molar-refractivity contribution is -0.144. The van der Waals surface area contributed by atoms with E-state index in [2.05, 4.69) is 9.88 Å². The van der Waals surface area contributed by atoms with Gasteiger partial charge in [0.05, 0.1) is 5.41 Å². The first kappa shape index (κ1) is 11.1. The fraction of sp³-hybridized carbons (Fsp3) is 0.500. The van der Waals surface area contributed by atoms with E-state index < -0.39 is 11.4 Å². The molecule has 1 aromatic heterocycles. The Kier molecular flexibility index (Phi) is 2.92. The van der Waals surface area contributed by atoms with Gasteiger partial charge < -0.3 is 10.0 Å².